The van der Waals surface area contributed by atoms with Crippen molar-refractivity contribution in [1.82, 2.24) is 9.78 Å². The minimum atomic E-state index is 0.382. The molecule has 1 fully saturated rings. The Balaban J connectivity index is 2.32. The van der Waals surface area contributed by atoms with Crippen LogP contribution in [0.5, 0.6) is 0 Å². The lowest BCUT2D eigenvalue weighted by Gasteiger charge is -2.10. The fraction of sp³-hybridized carbons (Fsp3) is 0.556. The Morgan fingerprint density at radius 2 is 2.23 bits per heavy atom. The standard InChI is InChI=1S/C9H11ClN2O/c10-8-5-11-12(9(8)6-13)7-3-1-2-4-7/h5-7H,1-4H2. The van der Waals surface area contributed by atoms with Crippen molar-refractivity contribution in [2.24, 2.45) is 0 Å². The molecule has 1 aliphatic carbocycles. The zero-order valence-electron chi connectivity index (χ0n) is 7.24. The lowest BCUT2D eigenvalue weighted by Crippen LogP contribution is -2.09. The number of nitrogens with zero attached hydrogens (tertiary/aromatic N) is 2. The van der Waals surface area contributed by atoms with Gasteiger partial charge in [-0.3, -0.25) is 9.48 Å². The molecule has 0 amide bonds. The number of halogens is 1. The maximum Gasteiger partial charge on any atom is 0.169 e. The number of aldehydes is 1. The van der Waals surface area contributed by atoms with Crippen LogP contribution in [0.3, 0.4) is 0 Å². The molecule has 1 aromatic rings. The largest absolute Gasteiger partial charge is 0.296 e. The second kappa shape index (κ2) is 3.50. The molecule has 0 saturated heterocycles. The topological polar surface area (TPSA) is 34.9 Å². The molecule has 1 saturated carbocycles. The van der Waals surface area contributed by atoms with Crippen LogP contribution < -0.4 is 0 Å². The molecule has 0 aromatic carbocycles. The first-order valence-corrected chi connectivity index (χ1v) is 4.89. The van der Waals surface area contributed by atoms with E-state index >= 15 is 0 Å². The zero-order chi connectivity index (χ0) is 9.26. The molecule has 0 spiro atoms. The van der Waals surface area contributed by atoms with E-state index in [2.05, 4.69) is 5.10 Å². The van der Waals surface area contributed by atoms with Crippen molar-refractivity contribution >= 4 is 17.9 Å². The van der Waals surface area contributed by atoms with E-state index in [0.29, 0.717) is 16.8 Å². The predicted molar refractivity (Wildman–Crippen MR) is 50.1 cm³/mol. The van der Waals surface area contributed by atoms with Crippen LogP contribution in [0.4, 0.5) is 0 Å². The van der Waals surface area contributed by atoms with Gasteiger partial charge in [0.15, 0.2) is 6.29 Å². The molecule has 0 bridgehead atoms. The predicted octanol–water partition coefficient (Wildman–Crippen LogP) is 2.46. The van der Waals surface area contributed by atoms with Crippen LogP contribution in [-0.2, 0) is 0 Å². The summed E-state index contributed by atoms with van der Waals surface area (Å²) in [6.07, 6.45) is 7.00. The monoisotopic (exact) mass is 198 g/mol. The Morgan fingerprint density at radius 3 is 2.85 bits per heavy atom. The van der Waals surface area contributed by atoms with Crippen molar-refractivity contribution in [3.05, 3.63) is 16.9 Å². The van der Waals surface area contributed by atoms with E-state index in [0.717, 1.165) is 19.1 Å². The quantitative estimate of drug-likeness (QED) is 0.685. The normalized spacial score (nSPS) is 17.9. The highest BCUT2D eigenvalue weighted by atomic mass is 35.5. The molecule has 1 aromatic heterocycles. The number of hydrogen-bond donors (Lipinski definition) is 0. The highest BCUT2D eigenvalue weighted by Crippen LogP contribution is 2.31. The van der Waals surface area contributed by atoms with Crippen molar-refractivity contribution < 1.29 is 4.79 Å². The van der Waals surface area contributed by atoms with E-state index in [-0.39, 0.29) is 0 Å². The van der Waals surface area contributed by atoms with Gasteiger partial charge in [-0.15, -0.1) is 0 Å². The van der Waals surface area contributed by atoms with Gasteiger partial charge in [-0.2, -0.15) is 5.10 Å². The maximum atomic E-state index is 10.7. The Bertz CT molecular complexity index is 315. The molecule has 3 nitrogen and oxygen atoms in total. The Labute approximate surface area is 81.7 Å². The summed E-state index contributed by atoms with van der Waals surface area (Å²) in [6.45, 7) is 0. The Morgan fingerprint density at radius 1 is 1.54 bits per heavy atom. The minimum Gasteiger partial charge on any atom is -0.296 e. The fourth-order valence-corrected chi connectivity index (χ4v) is 2.08. The van der Waals surface area contributed by atoms with E-state index < -0.39 is 0 Å². The second-order valence-electron chi connectivity index (χ2n) is 3.38. The van der Waals surface area contributed by atoms with Gasteiger partial charge in [0, 0.05) is 0 Å². The average Bonchev–Trinajstić information content (AvgIpc) is 2.71. The molecular formula is C9H11ClN2O. The Hall–Kier alpha value is -0.830. The van der Waals surface area contributed by atoms with Gasteiger partial charge in [0.25, 0.3) is 0 Å². The summed E-state index contributed by atoms with van der Waals surface area (Å²) < 4.78 is 1.77. The van der Waals surface area contributed by atoms with Crippen molar-refractivity contribution in [1.29, 1.82) is 0 Å². The number of rotatable bonds is 2. The summed E-state index contributed by atoms with van der Waals surface area (Å²) in [5, 5.41) is 4.58. The first-order valence-electron chi connectivity index (χ1n) is 4.51. The molecule has 0 atom stereocenters. The third kappa shape index (κ3) is 1.48. The number of carbonyl (C=O) groups excluding carboxylic acids is 1. The van der Waals surface area contributed by atoms with E-state index in [1.165, 1.54) is 12.8 Å². The van der Waals surface area contributed by atoms with Crippen LogP contribution >= 0.6 is 11.6 Å². The van der Waals surface area contributed by atoms with Crippen LogP contribution in [0.15, 0.2) is 6.20 Å². The zero-order valence-corrected chi connectivity index (χ0v) is 8.00. The van der Waals surface area contributed by atoms with Crippen molar-refractivity contribution in [3.8, 4) is 0 Å². The molecule has 2 rings (SSSR count). The molecule has 1 heterocycles. The number of hydrogen-bond acceptors (Lipinski definition) is 2. The van der Waals surface area contributed by atoms with Gasteiger partial charge in [0.2, 0.25) is 0 Å². The smallest absolute Gasteiger partial charge is 0.169 e. The Kier molecular flexibility index (Phi) is 2.36. The van der Waals surface area contributed by atoms with E-state index in [9.17, 15) is 4.79 Å². The SMILES string of the molecule is O=Cc1c(Cl)cnn1C1CCCC1. The van der Waals surface area contributed by atoms with Crippen LogP contribution in [0.2, 0.25) is 5.02 Å². The van der Waals surface area contributed by atoms with Gasteiger partial charge in [0.1, 0.15) is 5.69 Å². The second-order valence-corrected chi connectivity index (χ2v) is 3.79. The lowest BCUT2D eigenvalue weighted by atomic mass is 10.2. The third-order valence-corrected chi connectivity index (χ3v) is 2.86. The molecule has 0 radical (unpaired) electrons. The maximum absolute atomic E-state index is 10.7. The van der Waals surface area contributed by atoms with Crippen LogP contribution in [-0.4, -0.2) is 16.1 Å². The van der Waals surface area contributed by atoms with Crippen LogP contribution in [0.1, 0.15) is 42.2 Å². The van der Waals surface area contributed by atoms with Crippen molar-refractivity contribution in [2.75, 3.05) is 0 Å². The van der Waals surface area contributed by atoms with E-state index in [1.807, 2.05) is 0 Å². The van der Waals surface area contributed by atoms with Gasteiger partial charge in [-0.1, -0.05) is 24.4 Å². The van der Waals surface area contributed by atoms with E-state index in [4.69, 9.17) is 11.6 Å². The number of carbonyl (C=O) groups is 1. The van der Waals surface area contributed by atoms with Crippen LogP contribution in [0, 0.1) is 0 Å². The highest BCUT2D eigenvalue weighted by molar-refractivity contribution is 6.32. The summed E-state index contributed by atoms with van der Waals surface area (Å²) in [5.41, 5.74) is 0.522. The summed E-state index contributed by atoms with van der Waals surface area (Å²) in [5.74, 6) is 0. The first kappa shape index (κ1) is 8.75. The molecule has 0 N–H and O–H groups in total. The molecule has 0 aliphatic heterocycles. The van der Waals surface area contributed by atoms with Gasteiger partial charge < -0.3 is 0 Å². The first-order chi connectivity index (χ1) is 6.33. The van der Waals surface area contributed by atoms with Crippen LogP contribution in [0.25, 0.3) is 0 Å². The van der Waals surface area contributed by atoms with E-state index in [1.54, 1.807) is 10.9 Å². The van der Waals surface area contributed by atoms with Gasteiger partial charge >= 0.3 is 0 Å². The lowest BCUT2D eigenvalue weighted by molar-refractivity contribution is 0.111. The molecule has 4 heteroatoms. The summed E-state index contributed by atoms with van der Waals surface area (Å²) in [7, 11) is 0. The minimum absolute atomic E-state index is 0.382. The molecule has 13 heavy (non-hydrogen) atoms. The average molecular weight is 199 g/mol. The van der Waals surface area contributed by atoms with Crippen molar-refractivity contribution in [3.63, 3.8) is 0 Å². The molecular weight excluding hydrogens is 188 g/mol. The molecule has 0 unspecified atom stereocenters. The van der Waals surface area contributed by atoms with Crippen molar-refractivity contribution in [2.45, 2.75) is 31.7 Å². The van der Waals surface area contributed by atoms with Gasteiger partial charge in [-0.05, 0) is 12.8 Å². The summed E-state index contributed by atoms with van der Waals surface area (Å²) >= 11 is 5.81. The molecule has 1 aliphatic rings. The third-order valence-electron chi connectivity index (χ3n) is 2.57. The van der Waals surface area contributed by atoms with Gasteiger partial charge in [0.05, 0.1) is 17.3 Å². The number of aromatic nitrogens is 2. The highest BCUT2D eigenvalue weighted by Gasteiger charge is 2.21. The summed E-state index contributed by atoms with van der Waals surface area (Å²) in [6, 6.07) is 0.382. The fourth-order valence-electron chi connectivity index (χ4n) is 1.90. The summed E-state index contributed by atoms with van der Waals surface area (Å²) in [4.78, 5) is 10.7. The van der Waals surface area contributed by atoms with Gasteiger partial charge in [-0.25, -0.2) is 0 Å². The molecule has 70 valence electrons.